The topological polar surface area (TPSA) is 106 Å². The Hall–Kier alpha value is -3.26. The van der Waals surface area contributed by atoms with Crippen LogP contribution in [-0.4, -0.2) is 41.4 Å². The second-order valence-corrected chi connectivity index (χ2v) is 10.2. The number of benzene rings is 2. The first-order chi connectivity index (χ1) is 18.7. The minimum atomic E-state index is -0.457. The number of halogens is 1. The zero-order valence-corrected chi connectivity index (χ0v) is 24.6. The Morgan fingerprint density at radius 2 is 1.92 bits per heavy atom. The average Bonchev–Trinajstić information content (AvgIpc) is 2.94. The van der Waals surface area contributed by atoms with Crippen molar-refractivity contribution in [2.45, 2.75) is 78.9 Å². The van der Waals surface area contributed by atoms with Crippen LogP contribution in [0.25, 0.3) is 0 Å². The highest BCUT2D eigenvalue weighted by Gasteiger charge is 2.37. The van der Waals surface area contributed by atoms with Gasteiger partial charge in [0.1, 0.15) is 11.5 Å². The fourth-order valence-electron chi connectivity index (χ4n) is 4.95. The molecule has 2 unspecified atom stereocenters. The second-order valence-electron chi connectivity index (χ2n) is 9.74. The lowest BCUT2D eigenvalue weighted by Crippen LogP contribution is -2.50. The van der Waals surface area contributed by atoms with Crippen LogP contribution < -0.4 is 20.5 Å². The van der Waals surface area contributed by atoms with Crippen LogP contribution >= 0.6 is 11.6 Å². The fraction of sp³-hybridized carbons (Fsp3) is 0.500. The summed E-state index contributed by atoms with van der Waals surface area (Å²) in [4.78, 5) is 32.7. The van der Waals surface area contributed by atoms with E-state index < -0.39 is 5.54 Å². The van der Waals surface area contributed by atoms with Gasteiger partial charge < -0.3 is 20.5 Å². The number of rotatable bonds is 8. The van der Waals surface area contributed by atoms with E-state index in [-0.39, 0.29) is 36.3 Å². The van der Waals surface area contributed by atoms with Crippen molar-refractivity contribution in [3.05, 3.63) is 58.1 Å². The number of hydrogen-bond donors (Lipinski definition) is 2. The van der Waals surface area contributed by atoms with Crippen molar-refractivity contribution in [1.29, 1.82) is 0 Å². The van der Waals surface area contributed by atoms with Crippen molar-refractivity contribution in [1.82, 2.24) is 10.2 Å². The highest BCUT2D eigenvalue weighted by Crippen LogP contribution is 2.37. The Bertz CT molecular complexity index is 1210. The van der Waals surface area contributed by atoms with Gasteiger partial charge in [-0.25, -0.2) is 4.99 Å². The van der Waals surface area contributed by atoms with Gasteiger partial charge >= 0.3 is 0 Å². The molecular formula is C30H41ClN4O4. The lowest BCUT2D eigenvalue weighted by atomic mass is 9.88. The number of amides is 2. The number of fused-ring (bicyclic) bond motifs is 1. The molecule has 0 spiro atoms. The van der Waals surface area contributed by atoms with Crippen molar-refractivity contribution in [2.75, 3.05) is 13.2 Å². The van der Waals surface area contributed by atoms with E-state index in [0.717, 1.165) is 18.4 Å². The molecule has 39 heavy (non-hydrogen) atoms. The van der Waals surface area contributed by atoms with Gasteiger partial charge in [0.05, 0.1) is 37.8 Å². The number of nitrogens with one attached hydrogen (secondary N) is 1. The lowest BCUT2D eigenvalue weighted by Gasteiger charge is -2.36. The van der Waals surface area contributed by atoms with E-state index in [9.17, 15) is 9.59 Å². The van der Waals surface area contributed by atoms with Crippen LogP contribution in [0, 0.1) is 5.92 Å². The number of nitrogens with two attached hydrogens (primary N) is 1. The number of ether oxygens (including phenoxy) is 2. The van der Waals surface area contributed by atoms with Gasteiger partial charge in [0.25, 0.3) is 5.91 Å². The molecule has 2 atom stereocenters. The molecule has 2 aromatic rings. The van der Waals surface area contributed by atoms with E-state index in [0.29, 0.717) is 47.3 Å². The third kappa shape index (κ3) is 6.67. The van der Waals surface area contributed by atoms with E-state index >= 15 is 0 Å². The fourth-order valence-corrected chi connectivity index (χ4v) is 5.13. The minimum absolute atomic E-state index is 0.0523. The Morgan fingerprint density at radius 3 is 2.56 bits per heavy atom. The van der Waals surface area contributed by atoms with Crippen molar-refractivity contribution in [3.8, 4) is 11.5 Å². The molecule has 0 radical (unpaired) electrons. The highest BCUT2D eigenvalue weighted by atomic mass is 35.5. The molecule has 0 bridgehead atoms. The van der Waals surface area contributed by atoms with Crippen molar-refractivity contribution >= 4 is 29.4 Å². The smallest absolute Gasteiger partial charge is 0.251 e. The third-order valence-electron chi connectivity index (χ3n) is 7.34. The van der Waals surface area contributed by atoms with Crippen molar-refractivity contribution < 1.29 is 19.1 Å². The maximum absolute atomic E-state index is 13.4. The summed E-state index contributed by atoms with van der Waals surface area (Å²) in [5.74, 6) is 1.24. The molecule has 2 amide bonds. The van der Waals surface area contributed by atoms with E-state index in [1.165, 1.54) is 4.90 Å². The number of carbonyl (C=O) groups excluding carboxylic acids is 2. The van der Waals surface area contributed by atoms with Gasteiger partial charge in [-0.15, -0.1) is 0 Å². The first-order valence-electron chi connectivity index (χ1n) is 13.8. The Balaban J connectivity index is 0.00000205. The molecule has 2 aliphatic rings. The van der Waals surface area contributed by atoms with Crippen LogP contribution in [0.15, 0.2) is 41.4 Å². The molecule has 2 aromatic carbocycles. The molecule has 2 aliphatic heterocycles. The van der Waals surface area contributed by atoms with Gasteiger partial charge in [-0.2, -0.15) is 0 Å². The number of aliphatic imine (C=N–C) groups is 1. The van der Waals surface area contributed by atoms with Gasteiger partial charge in [0.2, 0.25) is 5.91 Å². The molecule has 0 aliphatic carbocycles. The maximum Gasteiger partial charge on any atom is 0.251 e. The highest BCUT2D eigenvalue weighted by molar-refractivity contribution is 6.30. The standard InChI is InChI=1S/C28H35ClN4O4.C2H6/c1-5-28(6-2)14-24(34)33(27(30)32-28)15-19-12-18(8-10-22(19)36-7-3)26(35)31-25-17(4)16-37-23-11-9-20(29)13-21(23)25;1-2/h8-13,17,25H,5-7,14-16H2,1-4H3,(H2,30,32)(H,31,35);1-2H3. The monoisotopic (exact) mass is 556 g/mol. The van der Waals surface area contributed by atoms with Gasteiger partial charge in [-0.05, 0) is 56.2 Å². The van der Waals surface area contributed by atoms with Gasteiger partial charge in [0.15, 0.2) is 5.96 Å². The van der Waals surface area contributed by atoms with Crippen LogP contribution in [0.4, 0.5) is 0 Å². The summed E-state index contributed by atoms with van der Waals surface area (Å²) in [5.41, 5.74) is 7.81. The minimum Gasteiger partial charge on any atom is -0.494 e. The largest absolute Gasteiger partial charge is 0.494 e. The molecule has 0 fully saturated rings. The van der Waals surface area contributed by atoms with Gasteiger partial charge in [-0.3, -0.25) is 14.5 Å². The second kappa shape index (κ2) is 13.2. The first kappa shape index (κ1) is 30.3. The molecule has 2 heterocycles. The summed E-state index contributed by atoms with van der Waals surface area (Å²) in [7, 11) is 0. The summed E-state index contributed by atoms with van der Waals surface area (Å²) < 4.78 is 11.6. The Labute approximate surface area is 236 Å². The summed E-state index contributed by atoms with van der Waals surface area (Å²) >= 11 is 6.23. The number of hydrogen-bond acceptors (Lipinski definition) is 6. The zero-order chi connectivity index (χ0) is 28.7. The van der Waals surface area contributed by atoms with Gasteiger partial charge in [0, 0.05) is 27.6 Å². The molecule has 9 heteroatoms. The Kier molecular flexibility index (Phi) is 10.2. The van der Waals surface area contributed by atoms with Crippen LogP contribution in [0.3, 0.4) is 0 Å². The van der Waals surface area contributed by atoms with Crippen molar-refractivity contribution in [3.63, 3.8) is 0 Å². The number of carbonyl (C=O) groups is 2. The Morgan fingerprint density at radius 1 is 1.21 bits per heavy atom. The maximum atomic E-state index is 13.4. The lowest BCUT2D eigenvalue weighted by molar-refractivity contribution is -0.130. The van der Waals surface area contributed by atoms with Crippen molar-refractivity contribution in [2.24, 2.45) is 16.6 Å². The molecule has 0 aromatic heterocycles. The molecule has 4 rings (SSSR count). The van der Waals surface area contributed by atoms with Crippen LogP contribution in [0.1, 0.15) is 88.3 Å². The summed E-state index contributed by atoms with van der Waals surface area (Å²) in [6.45, 7) is 13.0. The third-order valence-corrected chi connectivity index (χ3v) is 7.58. The SMILES string of the molecule is CC.CCOc1ccc(C(=O)NC2c3cc(Cl)ccc3OCC2C)cc1CN1C(=O)CC(CC)(CC)N=C1N. The predicted octanol–water partition coefficient (Wildman–Crippen LogP) is 5.87. The summed E-state index contributed by atoms with van der Waals surface area (Å²) in [6.07, 6.45) is 1.78. The molecular weight excluding hydrogens is 516 g/mol. The number of nitrogens with zero attached hydrogens (tertiary/aromatic N) is 2. The summed E-state index contributed by atoms with van der Waals surface area (Å²) in [6, 6.07) is 10.4. The van der Waals surface area contributed by atoms with E-state index in [1.807, 2.05) is 53.7 Å². The first-order valence-corrected chi connectivity index (χ1v) is 14.2. The molecule has 212 valence electrons. The van der Waals surface area contributed by atoms with Crippen LogP contribution in [-0.2, 0) is 11.3 Å². The molecule has 0 saturated carbocycles. The van der Waals surface area contributed by atoms with Gasteiger partial charge in [-0.1, -0.05) is 46.2 Å². The molecule has 8 nitrogen and oxygen atoms in total. The van der Waals surface area contributed by atoms with Crippen LogP contribution in [0.2, 0.25) is 5.02 Å². The van der Waals surface area contributed by atoms with Crippen LogP contribution in [0.5, 0.6) is 11.5 Å². The van der Waals surface area contributed by atoms with E-state index in [1.54, 1.807) is 24.3 Å². The summed E-state index contributed by atoms with van der Waals surface area (Å²) in [5, 5.41) is 3.73. The van der Waals surface area contributed by atoms with E-state index in [2.05, 4.69) is 10.3 Å². The molecule has 3 N–H and O–H groups in total. The predicted molar refractivity (Wildman–Crippen MR) is 155 cm³/mol. The zero-order valence-electron chi connectivity index (χ0n) is 23.8. The number of guanidine groups is 1. The van der Waals surface area contributed by atoms with E-state index in [4.69, 9.17) is 26.8 Å². The molecule has 0 saturated heterocycles. The quantitative estimate of drug-likeness (QED) is 0.423. The average molecular weight is 557 g/mol. The normalized spacial score (nSPS) is 19.6.